The van der Waals surface area contributed by atoms with Crippen LogP contribution in [0.1, 0.15) is 36.1 Å². The number of likely N-dealkylation sites (N-methyl/N-ethyl adjacent to an activating group) is 1. The molecule has 2 aliphatic rings. The lowest BCUT2D eigenvalue weighted by Crippen LogP contribution is -2.58. The Labute approximate surface area is 153 Å². The summed E-state index contributed by atoms with van der Waals surface area (Å²) in [5.41, 5.74) is 3.63. The lowest BCUT2D eigenvalue weighted by atomic mass is 9.76. The minimum Gasteiger partial charge on any atom is -0.463 e. The Hall–Kier alpha value is -2.82. The highest BCUT2D eigenvalue weighted by atomic mass is 16.6. The lowest BCUT2D eigenvalue weighted by Gasteiger charge is -2.46. The molecule has 0 fully saturated rings. The number of hydrogen-bond donors (Lipinski definition) is 0. The van der Waals surface area contributed by atoms with Crippen LogP contribution in [0.3, 0.4) is 0 Å². The van der Waals surface area contributed by atoms with E-state index in [0.29, 0.717) is 16.9 Å². The first-order valence-electron chi connectivity index (χ1n) is 8.71. The van der Waals surface area contributed by atoms with Gasteiger partial charge in [-0.25, -0.2) is 0 Å². The van der Waals surface area contributed by atoms with Gasteiger partial charge in [0.1, 0.15) is 5.75 Å². The third-order valence-electron chi connectivity index (χ3n) is 6.00. The van der Waals surface area contributed by atoms with Gasteiger partial charge in [0, 0.05) is 29.4 Å². The molecule has 1 spiro atoms. The van der Waals surface area contributed by atoms with Crippen molar-refractivity contribution in [2.45, 2.75) is 38.8 Å². The molecule has 0 saturated heterocycles. The predicted molar refractivity (Wildman–Crippen MR) is 103 cm³/mol. The number of nitro groups is 1. The summed E-state index contributed by atoms with van der Waals surface area (Å²) in [6.07, 6.45) is 4.02. The molecule has 26 heavy (non-hydrogen) atoms. The van der Waals surface area contributed by atoms with Crippen molar-refractivity contribution < 1.29 is 9.66 Å². The topological polar surface area (TPSA) is 55.6 Å². The third-order valence-corrected chi connectivity index (χ3v) is 6.00. The van der Waals surface area contributed by atoms with E-state index in [9.17, 15) is 10.1 Å². The summed E-state index contributed by atoms with van der Waals surface area (Å²) < 4.78 is 6.60. The Morgan fingerprint density at radius 3 is 2.54 bits per heavy atom. The van der Waals surface area contributed by atoms with Crippen molar-refractivity contribution in [1.82, 2.24) is 0 Å². The Kier molecular flexibility index (Phi) is 3.26. The number of aryl methyl sites for hydroxylation is 1. The van der Waals surface area contributed by atoms with Gasteiger partial charge in [0.2, 0.25) is 5.72 Å². The van der Waals surface area contributed by atoms with Gasteiger partial charge in [-0.3, -0.25) is 10.1 Å². The van der Waals surface area contributed by atoms with Crippen molar-refractivity contribution in [1.29, 1.82) is 0 Å². The Balaban J connectivity index is 1.91. The van der Waals surface area contributed by atoms with Crippen molar-refractivity contribution in [3.63, 3.8) is 0 Å². The fraction of sp³-hybridized carbons (Fsp3) is 0.333. The maximum Gasteiger partial charge on any atom is 0.276 e. The molecule has 0 aromatic heterocycles. The smallest absolute Gasteiger partial charge is 0.276 e. The number of benzene rings is 2. The summed E-state index contributed by atoms with van der Waals surface area (Å²) in [6.45, 7) is 7.90. The number of nitrogens with zero attached hydrogens (tertiary/aromatic N) is 2. The normalized spacial score (nSPS) is 22.1. The van der Waals surface area contributed by atoms with Crippen molar-refractivity contribution in [2.24, 2.45) is 0 Å². The van der Waals surface area contributed by atoms with Crippen LogP contribution in [-0.4, -0.2) is 17.7 Å². The van der Waals surface area contributed by atoms with E-state index in [1.54, 1.807) is 19.9 Å². The monoisotopic (exact) mass is 350 g/mol. The molecular weight excluding hydrogens is 328 g/mol. The van der Waals surface area contributed by atoms with Crippen LogP contribution >= 0.6 is 0 Å². The van der Waals surface area contributed by atoms with Crippen LogP contribution in [0.25, 0.3) is 6.08 Å². The maximum atomic E-state index is 11.4. The molecule has 5 heteroatoms. The number of hydrogen-bond acceptors (Lipinski definition) is 4. The first kappa shape index (κ1) is 16.6. The van der Waals surface area contributed by atoms with Crippen molar-refractivity contribution in [3.8, 4) is 5.75 Å². The highest BCUT2D eigenvalue weighted by Crippen LogP contribution is 2.54. The predicted octanol–water partition coefficient (Wildman–Crippen LogP) is 4.74. The SMILES string of the molecule is Cc1cc2c(c(C)c1[N+](=O)[O-])C=CC1(O2)N(C)c2ccccc2C1(C)C. The number of ether oxygens (including phenoxy) is 1. The zero-order valence-corrected chi connectivity index (χ0v) is 15.7. The second-order valence-corrected chi connectivity index (χ2v) is 7.67. The molecular formula is C21H22N2O3. The maximum absolute atomic E-state index is 11.4. The minimum absolute atomic E-state index is 0.162. The largest absolute Gasteiger partial charge is 0.463 e. The van der Waals surface area contributed by atoms with E-state index in [2.05, 4.69) is 30.9 Å². The molecule has 2 aliphatic heterocycles. The minimum atomic E-state index is -0.668. The summed E-state index contributed by atoms with van der Waals surface area (Å²) in [5.74, 6) is 0.695. The van der Waals surface area contributed by atoms with Gasteiger partial charge in [0.25, 0.3) is 5.69 Å². The standard InChI is InChI=1S/C21H22N2O3/c1-13-12-18-15(14(2)19(13)23(24)25)10-11-21(26-18)20(3,4)16-8-6-7-9-17(16)22(21)5/h6-12H,1-5H3. The van der Waals surface area contributed by atoms with Gasteiger partial charge in [0.15, 0.2) is 0 Å². The van der Waals surface area contributed by atoms with Gasteiger partial charge in [-0.1, -0.05) is 18.2 Å². The fourth-order valence-corrected chi connectivity index (χ4v) is 4.52. The van der Waals surface area contributed by atoms with Crippen LogP contribution < -0.4 is 9.64 Å². The summed E-state index contributed by atoms with van der Waals surface area (Å²) in [6, 6.07) is 10.1. The Bertz CT molecular complexity index is 977. The van der Waals surface area contributed by atoms with Gasteiger partial charge >= 0.3 is 0 Å². The molecule has 0 N–H and O–H groups in total. The van der Waals surface area contributed by atoms with Gasteiger partial charge in [-0.05, 0) is 57.5 Å². The zero-order chi connectivity index (χ0) is 18.9. The van der Waals surface area contributed by atoms with Crippen LogP contribution in [0.15, 0.2) is 36.4 Å². The van der Waals surface area contributed by atoms with Gasteiger partial charge in [-0.2, -0.15) is 0 Å². The van der Waals surface area contributed by atoms with Gasteiger partial charge in [-0.15, -0.1) is 0 Å². The second-order valence-electron chi connectivity index (χ2n) is 7.67. The molecule has 0 saturated carbocycles. The molecule has 4 rings (SSSR count). The first-order valence-corrected chi connectivity index (χ1v) is 8.71. The van der Waals surface area contributed by atoms with Gasteiger partial charge < -0.3 is 9.64 Å². The van der Waals surface area contributed by atoms with Crippen LogP contribution in [-0.2, 0) is 5.41 Å². The summed E-state index contributed by atoms with van der Waals surface area (Å²) in [4.78, 5) is 13.3. The molecule has 2 aromatic carbocycles. The van der Waals surface area contributed by atoms with E-state index in [1.165, 1.54) is 5.56 Å². The zero-order valence-electron chi connectivity index (χ0n) is 15.7. The summed E-state index contributed by atoms with van der Waals surface area (Å²) in [5, 5.41) is 11.4. The molecule has 0 radical (unpaired) electrons. The highest BCUT2D eigenvalue weighted by Gasteiger charge is 2.57. The van der Waals surface area contributed by atoms with E-state index >= 15 is 0 Å². The highest BCUT2D eigenvalue weighted by molar-refractivity contribution is 5.75. The average molecular weight is 350 g/mol. The van der Waals surface area contributed by atoms with E-state index in [4.69, 9.17) is 4.74 Å². The van der Waals surface area contributed by atoms with Crippen molar-refractivity contribution in [2.75, 3.05) is 11.9 Å². The fourth-order valence-electron chi connectivity index (χ4n) is 4.52. The molecule has 1 unspecified atom stereocenters. The molecule has 1 atom stereocenters. The van der Waals surface area contributed by atoms with Crippen LogP contribution in [0.4, 0.5) is 11.4 Å². The van der Waals surface area contributed by atoms with Crippen LogP contribution in [0, 0.1) is 24.0 Å². The quantitative estimate of drug-likeness (QED) is 0.550. The molecule has 0 aliphatic carbocycles. The molecule has 5 nitrogen and oxygen atoms in total. The Morgan fingerprint density at radius 1 is 1.19 bits per heavy atom. The molecule has 0 bridgehead atoms. The van der Waals surface area contributed by atoms with Crippen molar-refractivity contribution in [3.05, 3.63) is 68.8 Å². The van der Waals surface area contributed by atoms with Crippen LogP contribution in [0.2, 0.25) is 0 Å². The molecule has 134 valence electrons. The number of nitro benzene ring substituents is 1. The summed E-state index contributed by atoms with van der Waals surface area (Å²) >= 11 is 0. The van der Waals surface area contributed by atoms with Gasteiger partial charge in [0.05, 0.1) is 10.3 Å². The number of rotatable bonds is 1. The average Bonchev–Trinajstić information content (AvgIpc) is 2.74. The lowest BCUT2D eigenvalue weighted by molar-refractivity contribution is -0.386. The van der Waals surface area contributed by atoms with Crippen molar-refractivity contribution >= 4 is 17.5 Å². The van der Waals surface area contributed by atoms with Crippen LogP contribution in [0.5, 0.6) is 5.75 Å². The molecule has 2 heterocycles. The van der Waals surface area contributed by atoms with E-state index in [1.807, 2.05) is 31.3 Å². The second kappa shape index (κ2) is 5.10. The number of para-hydroxylation sites is 1. The van der Waals surface area contributed by atoms with E-state index in [0.717, 1.165) is 11.3 Å². The Morgan fingerprint density at radius 2 is 1.88 bits per heavy atom. The molecule has 2 aromatic rings. The first-order chi connectivity index (χ1) is 12.2. The molecule has 0 amide bonds. The summed E-state index contributed by atoms with van der Waals surface area (Å²) in [7, 11) is 2.04. The number of fused-ring (bicyclic) bond motifs is 2. The van der Waals surface area contributed by atoms with E-state index < -0.39 is 5.72 Å². The number of anilines is 1. The van der Waals surface area contributed by atoms with E-state index in [-0.39, 0.29) is 16.0 Å². The third kappa shape index (κ3) is 1.86.